The quantitative estimate of drug-likeness (QED) is 0.557. The second kappa shape index (κ2) is 10.2. The number of aliphatic carboxylic acids is 1. The van der Waals surface area contributed by atoms with Crippen LogP contribution in [0.2, 0.25) is 0 Å². The lowest BCUT2D eigenvalue weighted by molar-refractivity contribution is -0.139. The first kappa shape index (κ1) is 23.2. The third-order valence-corrected chi connectivity index (χ3v) is 6.15. The summed E-state index contributed by atoms with van der Waals surface area (Å²) in [4.78, 5) is 10.7. The predicted octanol–water partition coefficient (Wildman–Crippen LogP) is 4.08. The molecule has 1 aliphatic rings. The Morgan fingerprint density at radius 2 is 2.03 bits per heavy atom. The van der Waals surface area contributed by atoms with Crippen molar-refractivity contribution in [1.82, 2.24) is 9.78 Å². The summed E-state index contributed by atoms with van der Waals surface area (Å²) < 4.78 is 15.3. The van der Waals surface area contributed by atoms with Crippen molar-refractivity contribution in [2.24, 2.45) is 5.92 Å². The van der Waals surface area contributed by atoms with Crippen LogP contribution < -0.4 is 0 Å². The summed E-state index contributed by atoms with van der Waals surface area (Å²) >= 11 is 0. The number of carboxylic acids is 1. The van der Waals surface area contributed by atoms with Crippen LogP contribution in [-0.2, 0) is 11.2 Å². The summed E-state index contributed by atoms with van der Waals surface area (Å²) in [5.41, 5.74) is 3.76. The average Bonchev–Trinajstić information content (AvgIpc) is 3.10. The van der Waals surface area contributed by atoms with Gasteiger partial charge < -0.3 is 15.3 Å². The van der Waals surface area contributed by atoms with Crippen LogP contribution in [0.4, 0.5) is 4.39 Å². The lowest BCUT2D eigenvalue weighted by Gasteiger charge is -2.26. The van der Waals surface area contributed by atoms with Gasteiger partial charge in [0.1, 0.15) is 5.82 Å². The van der Waals surface area contributed by atoms with E-state index in [2.05, 4.69) is 13.8 Å². The van der Waals surface area contributed by atoms with Crippen molar-refractivity contribution in [2.75, 3.05) is 0 Å². The van der Waals surface area contributed by atoms with E-state index in [0.717, 1.165) is 48.3 Å². The van der Waals surface area contributed by atoms with Crippen LogP contribution in [0.1, 0.15) is 68.8 Å². The number of aromatic nitrogens is 2. The standard InChI is InChI=1S/C24H31FN2O4/c1-3-15(2)20-5-4-6-21-22(12-11-18(28)13-19(29)14-23(30)31)27(26-24(20)21)17-9-7-16(25)8-10-17/h7-12,15,18-20,28-29H,3-6,13-14H2,1-2H3,(H,30,31)/b12-11+/t15?,18-,19-,20?/m0/s1. The van der Waals surface area contributed by atoms with Crippen LogP contribution in [0.5, 0.6) is 0 Å². The molecule has 1 heterocycles. The lowest BCUT2D eigenvalue weighted by atomic mass is 9.78. The third-order valence-electron chi connectivity index (χ3n) is 6.15. The van der Waals surface area contributed by atoms with Crippen LogP contribution in [0, 0.1) is 11.7 Å². The zero-order valence-corrected chi connectivity index (χ0v) is 18.0. The highest BCUT2D eigenvalue weighted by atomic mass is 19.1. The summed E-state index contributed by atoms with van der Waals surface area (Å²) in [7, 11) is 0. The Bertz CT molecular complexity index is 922. The van der Waals surface area contributed by atoms with Crippen molar-refractivity contribution in [3.05, 3.63) is 53.1 Å². The topological polar surface area (TPSA) is 95.6 Å². The Labute approximate surface area is 182 Å². The maximum Gasteiger partial charge on any atom is 0.305 e. The number of carboxylic acid groups (broad SMARTS) is 1. The summed E-state index contributed by atoms with van der Waals surface area (Å²) in [6.07, 6.45) is 4.82. The monoisotopic (exact) mass is 430 g/mol. The van der Waals surface area contributed by atoms with Crippen LogP contribution in [0.25, 0.3) is 11.8 Å². The largest absolute Gasteiger partial charge is 0.481 e. The van der Waals surface area contributed by atoms with Gasteiger partial charge in [-0.3, -0.25) is 4.79 Å². The van der Waals surface area contributed by atoms with Crippen LogP contribution in [-0.4, -0.2) is 43.3 Å². The number of halogens is 1. The highest BCUT2D eigenvalue weighted by Gasteiger charge is 2.30. The highest BCUT2D eigenvalue weighted by molar-refractivity contribution is 5.67. The molecule has 0 saturated carbocycles. The summed E-state index contributed by atoms with van der Waals surface area (Å²) in [6.45, 7) is 4.41. The first-order valence-electron chi connectivity index (χ1n) is 10.9. The smallest absolute Gasteiger partial charge is 0.305 e. The third kappa shape index (κ3) is 5.60. The van der Waals surface area contributed by atoms with Gasteiger partial charge in [-0.25, -0.2) is 9.07 Å². The van der Waals surface area contributed by atoms with Crippen LogP contribution >= 0.6 is 0 Å². The van der Waals surface area contributed by atoms with Crippen molar-refractivity contribution in [2.45, 2.75) is 70.5 Å². The SMILES string of the molecule is CCC(C)C1CCCc2c1nn(-c1ccc(F)cc1)c2/C=C/[C@H](O)C[C@H](O)CC(=O)O. The summed E-state index contributed by atoms with van der Waals surface area (Å²) in [5.74, 6) is -0.588. The van der Waals surface area contributed by atoms with Gasteiger partial charge in [0.05, 0.1) is 35.7 Å². The second-order valence-corrected chi connectivity index (χ2v) is 8.44. The minimum atomic E-state index is -1.12. The summed E-state index contributed by atoms with van der Waals surface area (Å²) in [5, 5.41) is 33.8. The Kier molecular flexibility index (Phi) is 7.62. The van der Waals surface area contributed by atoms with Gasteiger partial charge in [-0.1, -0.05) is 26.3 Å². The fraction of sp³-hybridized carbons (Fsp3) is 0.500. The Morgan fingerprint density at radius 1 is 1.32 bits per heavy atom. The predicted molar refractivity (Wildman–Crippen MR) is 117 cm³/mol. The van der Waals surface area contributed by atoms with E-state index in [0.29, 0.717) is 11.8 Å². The number of aliphatic hydroxyl groups is 2. The fourth-order valence-electron chi connectivity index (χ4n) is 4.30. The van der Waals surface area contributed by atoms with Gasteiger partial charge in [-0.15, -0.1) is 0 Å². The number of rotatable bonds is 9. The van der Waals surface area contributed by atoms with Gasteiger partial charge in [-0.2, -0.15) is 5.10 Å². The minimum absolute atomic E-state index is 0.0643. The summed E-state index contributed by atoms with van der Waals surface area (Å²) in [6, 6.07) is 6.15. The molecular weight excluding hydrogens is 399 g/mol. The number of carbonyl (C=O) groups is 1. The molecule has 0 radical (unpaired) electrons. The maximum atomic E-state index is 13.5. The van der Waals surface area contributed by atoms with E-state index in [4.69, 9.17) is 10.2 Å². The molecule has 0 aliphatic heterocycles. The average molecular weight is 431 g/mol. The van der Waals surface area contributed by atoms with E-state index in [1.54, 1.807) is 29.0 Å². The van der Waals surface area contributed by atoms with Crippen molar-refractivity contribution >= 4 is 12.0 Å². The van der Waals surface area contributed by atoms with Gasteiger partial charge in [-0.05, 0) is 55.5 Å². The lowest BCUT2D eigenvalue weighted by Crippen LogP contribution is -2.19. The van der Waals surface area contributed by atoms with Gasteiger partial charge >= 0.3 is 5.97 Å². The number of hydrogen-bond acceptors (Lipinski definition) is 4. The minimum Gasteiger partial charge on any atom is -0.481 e. The van der Waals surface area contributed by atoms with Crippen LogP contribution in [0.3, 0.4) is 0 Å². The molecule has 2 aromatic rings. The van der Waals surface area contributed by atoms with Gasteiger partial charge in [0.25, 0.3) is 0 Å². The molecular formula is C24H31FN2O4. The molecule has 0 amide bonds. The molecule has 2 unspecified atom stereocenters. The number of hydrogen-bond donors (Lipinski definition) is 3. The molecule has 3 N–H and O–H groups in total. The number of benzene rings is 1. The fourth-order valence-corrected chi connectivity index (χ4v) is 4.30. The molecule has 3 rings (SSSR count). The van der Waals surface area contributed by atoms with E-state index in [1.165, 1.54) is 12.1 Å². The molecule has 1 aliphatic carbocycles. The van der Waals surface area contributed by atoms with Gasteiger partial charge in [0.15, 0.2) is 0 Å². The van der Waals surface area contributed by atoms with E-state index in [1.807, 2.05) is 0 Å². The first-order valence-corrected chi connectivity index (χ1v) is 10.9. The zero-order valence-electron chi connectivity index (χ0n) is 18.0. The molecule has 168 valence electrons. The number of nitrogens with zero attached hydrogens (tertiary/aromatic N) is 2. The van der Waals surface area contributed by atoms with Crippen molar-refractivity contribution in [1.29, 1.82) is 0 Å². The number of aliphatic hydroxyl groups excluding tert-OH is 2. The first-order chi connectivity index (χ1) is 14.8. The molecule has 0 bridgehead atoms. The molecule has 0 fully saturated rings. The molecule has 6 nitrogen and oxygen atoms in total. The molecule has 0 spiro atoms. The Morgan fingerprint density at radius 3 is 2.68 bits per heavy atom. The van der Waals surface area contributed by atoms with E-state index in [9.17, 15) is 19.4 Å². The molecule has 0 saturated heterocycles. The van der Waals surface area contributed by atoms with Crippen LogP contribution in [0.15, 0.2) is 30.3 Å². The van der Waals surface area contributed by atoms with E-state index >= 15 is 0 Å². The molecule has 4 atom stereocenters. The molecule has 1 aromatic heterocycles. The van der Waals surface area contributed by atoms with Gasteiger partial charge in [0, 0.05) is 17.9 Å². The molecule has 1 aromatic carbocycles. The Balaban J connectivity index is 1.96. The molecule has 31 heavy (non-hydrogen) atoms. The van der Waals surface area contributed by atoms with Crippen molar-refractivity contribution in [3.8, 4) is 5.69 Å². The van der Waals surface area contributed by atoms with Gasteiger partial charge in [0.2, 0.25) is 0 Å². The Hall–Kier alpha value is -2.51. The number of fused-ring (bicyclic) bond motifs is 1. The van der Waals surface area contributed by atoms with E-state index < -0.39 is 24.6 Å². The van der Waals surface area contributed by atoms with Crippen molar-refractivity contribution < 1.29 is 24.5 Å². The van der Waals surface area contributed by atoms with E-state index in [-0.39, 0.29) is 12.2 Å². The molecule has 7 heteroatoms. The maximum absolute atomic E-state index is 13.5. The van der Waals surface area contributed by atoms with Crippen molar-refractivity contribution in [3.63, 3.8) is 0 Å². The normalized spacial score (nSPS) is 19.2. The highest BCUT2D eigenvalue weighted by Crippen LogP contribution is 2.39. The zero-order chi connectivity index (χ0) is 22.5. The second-order valence-electron chi connectivity index (χ2n) is 8.44.